The van der Waals surface area contributed by atoms with Gasteiger partial charge in [0.05, 0.1) is 12.0 Å². The standard InChI is InChI=1S/C17H19NO2S/c1-20-16-11-12-17(15-10-6-5-9-14(15)16)21(19)18-13-7-3-2-4-8-13/h2-4,7-8,11-12,18H,5-6,9-10H2,1H3. The zero-order valence-corrected chi connectivity index (χ0v) is 12.9. The molecule has 3 nitrogen and oxygen atoms in total. The molecule has 0 spiro atoms. The van der Waals surface area contributed by atoms with Crippen LogP contribution in [0, 0.1) is 0 Å². The van der Waals surface area contributed by atoms with E-state index >= 15 is 0 Å². The molecule has 1 unspecified atom stereocenters. The lowest BCUT2D eigenvalue weighted by atomic mass is 9.91. The maximum atomic E-state index is 12.6. The molecule has 0 radical (unpaired) electrons. The molecule has 21 heavy (non-hydrogen) atoms. The van der Waals surface area contributed by atoms with Gasteiger partial charge in [0.2, 0.25) is 0 Å². The first-order valence-corrected chi connectivity index (χ1v) is 8.37. The molecule has 0 aromatic heterocycles. The molecule has 0 saturated carbocycles. The summed E-state index contributed by atoms with van der Waals surface area (Å²) in [5.74, 6) is 0.921. The number of hydrogen-bond donors (Lipinski definition) is 1. The predicted molar refractivity (Wildman–Crippen MR) is 86.1 cm³/mol. The third kappa shape index (κ3) is 2.95. The van der Waals surface area contributed by atoms with Crippen molar-refractivity contribution in [3.8, 4) is 5.75 Å². The van der Waals surface area contributed by atoms with E-state index in [0.29, 0.717) is 0 Å². The van der Waals surface area contributed by atoms with Gasteiger partial charge in [0.15, 0.2) is 11.0 Å². The smallest absolute Gasteiger partial charge is 0.150 e. The minimum Gasteiger partial charge on any atom is -0.496 e. The van der Waals surface area contributed by atoms with E-state index in [2.05, 4.69) is 4.72 Å². The van der Waals surface area contributed by atoms with Gasteiger partial charge in [0.25, 0.3) is 0 Å². The Morgan fingerprint density at radius 3 is 2.43 bits per heavy atom. The van der Waals surface area contributed by atoms with Crippen molar-refractivity contribution in [3.63, 3.8) is 0 Å². The molecule has 110 valence electrons. The van der Waals surface area contributed by atoms with Crippen molar-refractivity contribution in [2.24, 2.45) is 0 Å². The molecule has 1 aliphatic carbocycles. The largest absolute Gasteiger partial charge is 0.496 e. The minimum atomic E-state index is -1.24. The van der Waals surface area contributed by atoms with Crippen LogP contribution in [0.4, 0.5) is 5.69 Å². The number of nitrogens with one attached hydrogen (secondary N) is 1. The van der Waals surface area contributed by atoms with Crippen LogP contribution in [-0.4, -0.2) is 11.3 Å². The highest BCUT2D eigenvalue weighted by Gasteiger charge is 2.20. The van der Waals surface area contributed by atoms with Crippen molar-refractivity contribution >= 4 is 16.7 Å². The Kier molecular flexibility index (Phi) is 4.25. The van der Waals surface area contributed by atoms with E-state index < -0.39 is 11.0 Å². The Bertz CT molecular complexity index is 655. The van der Waals surface area contributed by atoms with E-state index in [1.165, 1.54) is 17.5 Å². The summed E-state index contributed by atoms with van der Waals surface area (Å²) >= 11 is 0. The fourth-order valence-corrected chi connectivity index (χ4v) is 3.94. The zero-order valence-electron chi connectivity index (χ0n) is 12.1. The topological polar surface area (TPSA) is 38.3 Å². The van der Waals surface area contributed by atoms with E-state index in [1.54, 1.807) is 7.11 Å². The fraction of sp³-hybridized carbons (Fsp3) is 0.294. The van der Waals surface area contributed by atoms with E-state index in [9.17, 15) is 4.21 Å². The first kappa shape index (κ1) is 14.1. The van der Waals surface area contributed by atoms with Gasteiger partial charge in [0, 0.05) is 5.69 Å². The molecular weight excluding hydrogens is 282 g/mol. The van der Waals surface area contributed by atoms with Crippen LogP contribution in [0.25, 0.3) is 0 Å². The predicted octanol–water partition coefficient (Wildman–Crippen LogP) is 3.71. The number of rotatable bonds is 4. The van der Waals surface area contributed by atoms with Crippen molar-refractivity contribution in [1.29, 1.82) is 0 Å². The van der Waals surface area contributed by atoms with Crippen LogP contribution >= 0.6 is 0 Å². The van der Waals surface area contributed by atoms with Crippen LogP contribution in [0.3, 0.4) is 0 Å². The number of anilines is 1. The molecule has 0 bridgehead atoms. The molecule has 1 N–H and O–H groups in total. The Labute approximate surface area is 127 Å². The average Bonchev–Trinajstić information content (AvgIpc) is 2.54. The van der Waals surface area contributed by atoms with Crippen LogP contribution in [0.15, 0.2) is 47.4 Å². The van der Waals surface area contributed by atoms with Crippen molar-refractivity contribution in [2.45, 2.75) is 30.6 Å². The van der Waals surface area contributed by atoms with Crippen LogP contribution in [0.2, 0.25) is 0 Å². The molecule has 4 heteroatoms. The van der Waals surface area contributed by atoms with E-state index in [-0.39, 0.29) is 0 Å². The quantitative estimate of drug-likeness (QED) is 0.935. The van der Waals surface area contributed by atoms with Crippen LogP contribution < -0.4 is 9.46 Å². The zero-order chi connectivity index (χ0) is 14.7. The summed E-state index contributed by atoms with van der Waals surface area (Å²) in [5.41, 5.74) is 3.29. The van der Waals surface area contributed by atoms with Crippen molar-refractivity contribution in [2.75, 3.05) is 11.8 Å². The monoisotopic (exact) mass is 301 g/mol. The lowest BCUT2D eigenvalue weighted by Gasteiger charge is -2.21. The lowest BCUT2D eigenvalue weighted by Crippen LogP contribution is -2.13. The number of para-hydroxylation sites is 1. The summed E-state index contributed by atoms with van der Waals surface area (Å²) in [5, 5.41) is 0. The first-order chi connectivity index (χ1) is 10.3. The normalized spacial score (nSPS) is 15.1. The molecule has 1 atom stereocenters. The second kappa shape index (κ2) is 6.31. The third-order valence-electron chi connectivity index (χ3n) is 3.85. The number of ether oxygens (including phenoxy) is 1. The molecule has 3 rings (SSSR count). The molecule has 1 aliphatic rings. The maximum absolute atomic E-state index is 12.6. The highest BCUT2D eigenvalue weighted by atomic mass is 32.2. The van der Waals surface area contributed by atoms with E-state index in [0.717, 1.165) is 35.6 Å². The van der Waals surface area contributed by atoms with Crippen LogP contribution in [-0.2, 0) is 23.8 Å². The van der Waals surface area contributed by atoms with Gasteiger partial charge in [-0.2, -0.15) is 0 Å². The van der Waals surface area contributed by atoms with Crippen LogP contribution in [0.5, 0.6) is 5.75 Å². The molecule has 0 amide bonds. The highest BCUT2D eigenvalue weighted by Crippen LogP contribution is 2.33. The average molecular weight is 301 g/mol. The molecule has 0 heterocycles. The van der Waals surface area contributed by atoms with Gasteiger partial charge in [-0.1, -0.05) is 18.2 Å². The number of hydrogen-bond acceptors (Lipinski definition) is 2. The summed E-state index contributed by atoms with van der Waals surface area (Å²) in [6.07, 6.45) is 4.31. The summed E-state index contributed by atoms with van der Waals surface area (Å²) in [6.45, 7) is 0. The molecule has 0 saturated heterocycles. The molecule has 0 aliphatic heterocycles. The first-order valence-electron chi connectivity index (χ1n) is 7.22. The Balaban J connectivity index is 1.93. The maximum Gasteiger partial charge on any atom is 0.150 e. The Hall–Kier alpha value is -1.81. The minimum absolute atomic E-state index is 0.871. The van der Waals surface area contributed by atoms with Gasteiger partial charge in [-0.05, 0) is 61.1 Å². The summed E-state index contributed by atoms with van der Waals surface area (Å²) in [7, 11) is 0.458. The SMILES string of the molecule is COc1ccc(S(=O)Nc2ccccc2)c2c1CCCC2. The number of methoxy groups -OCH3 is 1. The van der Waals surface area contributed by atoms with Crippen molar-refractivity contribution in [1.82, 2.24) is 0 Å². The van der Waals surface area contributed by atoms with E-state index in [4.69, 9.17) is 4.74 Å². The third-order valence-corrected chi connectivity index (χ3v) is 5.06. The molecule has 2 aromatic rings. The molecule has 2 aromatic carbocycles. The van der Waals surface area contributed by atoms with Crippen molar-refractivity contribution < 1.29 is 8.95 Å². The van der Waals surface area contributed by atoms with Gasteiger partial charge >= 0.3 is 0 Å². The number of benzene rings is 2. The second-order valence-corrected chi connectivity index (χ2v) is 6.35. The molecule has 0 fully saturated rings. The summed E-state index contributed by atoms with van der Waals surface area (Å²) < 4.78 is 21.2. The Morgan fingerprint density at radius 2 is 1.71 bits per heavy atom. The van der Waals surface area contributed by atoms with Gasteiger partial charge in [-0.25, -0.2) is 4.21 Å². The molecular formula is C17H19NO2S. The van der Waals surface area contributed by atoms with E-state index in [1.807, 2.05) is 42.5 Å². The fourth-order valence-electron chi connectivity index (χ4n) is 2.83. The highest BCUT2D eigenvalue weighted by molar-refractivity contribution is 7.86. The van der Waals surface area contributed by atoms with Gasteiger partial charge < -0.3 is 9.46 Å². The van der Waals surface area contributed by atoms with Crippen molar-refractivity contribution in [3.05, 3.63) is 53.6 Å². The second-order valence-electron chi connectivity index (χ2n) is 5.17. The summed E-state index contributed by atoms with van der Waals surface area (Å²) in [4.78, 5) is 0.884. The van der Waals surface area contributed by atoms with Gasteiger partial charge in [0.1, 0.15) is 5.75 Å². The Morgan fingerprint density at radius 1 is 1.00 bits per heavy atom. The summed E-state index contributed by atoms with van der Waals surface area (Å²) in [6, 6.07) is 13.5. The lowest BCUT2D eigenvalue weighted by molar-refractivity contribution is 0.405. The number of fused-ring (bicyclic) bond motifs is 1. The van der Waals surface area contributed by atoms with Gasteiger partial charge in [-0.15, -0.1) is 0 Å². The van der Waals surface area contributed by atoms with Crippen LogP contribution in [0.1, 0.15) is 24.0 Å². The van der Waals surface area contributed by atoms with Gasteiger partial charge in [-0.3, -0.25) is 0 Å².